The largest absolute Gasteiger partial charge is 0.493 e. The van der Waals surface area contributed by atoms with E-state index in [4.69, 9.17) is 9.47 Å². The van der Waals surface area contributed by atoms with Gasteiger partial charge in [-0.1, -0.05) is 12.1 Å². The van der Waals surface area contributed by atoms with E-state index >= 15 is 0 Å². The molecule has 0 saturated heterocycles. The lowest BCUT2D eigenvalue weighted by Gasteiger charge is -2.21. The van der Waals surface area contributed by atoms with Crippen molar-refractivity contribution in [2.45, 2.75) is 6.92 Å². The Balaban J connectivity index is 2.08. The first-order valence-corrected chi connectivity index (χ1v) is 10.2. The van der Waals surface area contributed by atoms with Crippen LogP contribution in [0.3, 0.4) is 0 Å². The van der Waals surface area contributed by atoms with E-state index in [9.17, 15) is 13.2 Å². The number of nitrogens with one attached hydrogen (secondary N) is 1. The molecular weight excluding hydrogens is 382 g/mol. The van der Waals surface area contributed by atoms with Gasteiger partial charge in [0.2, 0.25) is 10.0 Å². The number of amides is 1. The topological polar surface area (TPSA) is 97.3 Å². The predicted molar refractivity (Wildman–Crippen MR) is 109 cm³/mol. The molecule has 9 heteroatoms. The summed E-state index contributed by atoms with van der Waals surface area (Å²) in [7, 11) is -0.579. The van der Waals surface area contributed by atoms with Crippen molar-refractivity contribution in [3.8, 4) is 11.5 Å². The normalized spacial score (nSPS) is 11.3. The summed E-state index contributed by atoms with van der Waals surface area (Å²) < 4.78 is 35.6. The minimum atomic E-state index is -3.63. The van der Waals surface area contributed by atoms with Gasteiger partial charge in [-0.15, -0.1) is 0 Å². The zero-order valence-electron chi connectivity index (χ0n) is 16.2. The molecule has 2 rings (SSSR count). The molecule has 1 amide bonds. The molecule has 0 aliphatic rings. The molecule has 0 aliphatic heterocycles. The summed E-state index contributed by atoms with van der Waals surface area (Å²) in [6.07, 6.45) is 2.48. The van der Waals surface area contributed by atoms with Crippen LogP contribution in [0.25, 0.3) is 0 Å². The van der Waals surface area contributed by atoms with E-state index in [0.29, 0.717) is 22.7 Å². The Morgan fingerprint density at radius 2 is 1.86 bits per heavy atom. The molecule has 0 aromatic heterocycles. The SMILES string of the molecule is COc1ccc(/C=N/NC(=O)CN(c2cccc(C)c2)S(C)(=O)=O)cc1OC. The van der Waals surface area contributed by atoms with Gasteiger partial charge in [-0.05, 0) is 48.4 Å². The number of rotatable bonds is 8. The molecule has 0 radical (unpaired) electrons. The average Bonchev–Trinajstić information content (AvgIpc) is 2.65. The average molecular weight is 405 g/mol. The maximum absolute atomic E-state index is 12.2. The fourth-order valence-corrected chi connectivity index (χ4v) is 3.31. The van der Waals surface area contributed by atoms with Gasteiger partial charge in [0.25, 0.3) is 5.91 Å². The van der Waals surface area contributed by atoms with Crippen molar-refractivity contribution < 1.29 is 22.7 Å². The second-order valence-electron chi connectivity index (χ2n) is 6.02. The fourth-order valence-electron chi connectivity index (χ4n) is 2.46. The van der Waals surface area contributed by atoms with Crippen LogP contribution in [0.5, 0.6) is 11.5 Å². The molecule has 0 spiro atoms. The van der Waals surface area contributed by atoms with Gasteiger partial charge in [0.1, 0.15) is 6.54 Å². The first-order valence-electron chi connectivity index (χ1n) is 8.33. The van der Waals surface area contributed by atoms with Crippen LogP contribution in [0.1, 0.15) is 11.1 Å². The Kier molecular flexibility index (Phi) is 7.00. The molecule has 0 unspecified atom stereocenters. The highest BCUT2D eigenvalue weighted by atomic mass is 32.2. The van der Waals surface area contributed by atoms with Crippen LogP contribution in [-0.2, 0) is 14.8 Å². The van der Waals surface area contributed by atoms with Crippen molar-refractivity contribution in [1.29, 1.82) is 0 Å². The summed E-state index contributed by atoms with van der Waals surface area (Å²) in [4.78, 5) is 12.2. The number of hydrogen-bond acceptors (Lipinski definition) is 6. The summed E-state index contributed by atoms with van der Waals surface area (Å²) in [6, 6.07) is 12.1. The van der Waals surface area contributed by atoms with Crippen LogP contribution in [0.4, 0.5) is 5.69 Å². The number of methoxy groups -OCH3 is 2. The zero-order chi connectivity index (χ0) is 20.7. The van der Waals surface area contributed by atoms with Crippen molar-refractivity contribution in [1.82, 2.24) is 5.43 Å². The van der Waals surface area contributed by atoms with Gasteiger partial charge in [0.15, 0.2) is 11.5 Å². The number of carbonyl (C=O) groups excluding carboxylic acids is 1. The van der Waals surface area contributed by atoms with Crippen LogP contribution in [-0.4, -0.2) is 47.6 Å². The maximum atomic E-state index is 12.2. The zero-order valence-corrected chi connectivity index (χ0v) is 17.0. The van der Waals surface area contributed by atoms with Gasteiger partial charge >= 0.3 is 0 Å². The van der Waals surface area contributed by atoms with E-state index in [-0.39, 0.29) is 6.54 Å². The third-order valence-electron chi connectivity index (χ3n) is 3.79. The Morgan fingerprint density at radius 1 is 1.14 bits per heavy atom. The molecule has 0 heterocycles. The molecule has 2 aromatic rings. The van der Waals surface area contributed by atoms with Gasteiger partial charge < -0.3 is 9.47 Å². The van der Waals surface area contributed by atoms with Crippen molar-refractivity contribution in [3.63, 3.8) is 0 Å². The van der Waals surface area contributed by atoms with Crippen LogP contribution in [0, 0.1) is 6.92 Å². The third-order valence-corrected chi connectivity index (χ3v) is 4.93. The fraction of sp³-hybridized carbons (Fsp3) is 0.263. The molecule has 150 valence electrons. The number of aryl methyl sites for hydroxylation is 1. The van der Waals surface area contributed by atoms with E-state index in [1.165, 1.54) is 20.4 Å². The van der Waals surface area contributed by atoms with Gasteiger partial charge in [0.05, 0.1) is 32.4 Å². The van der Waals surface area contributed by atoms with E-state index in [1.54, 1.807) is 36.4 Å². The van der Waals surface area contributed by atoms with E-state index in [0.717, 1.165) is 16.1 Å². The second kappa shape index (κ2) is 9.23. The predicted octanol–water partition coefficient (Wildman–Crippen LogP) is 1.93. The number of benzene rings is 2. The minimum Gasteiger partial charge on any atom is -0.493 e. The van der Waals surface area contributed by atoms with Crippen LogP contribution in [0.15, 0.2) is 47.6 Å². The number of anilines is 1. The standard InChI is InChI=1S/C19H23N3O5S/c1-14-6-5-7-16(10-14)22(28(4,24)25)13-19(23)21-20-12-15-8-9-17(26-2)18(11-15)27-3/h5-12H,13H2,1-4H3,(H,21,23)/b20-12+. The van der Waals surface area contributed by atoms with E-state index in [2.05, 4.69) is 10.5 Å². The highest BCUT2D eigenvalue weighted by Gasteiger charge is 2.20. The lowest BCUT2D eigenvalue weighted by molar-refractivity contribution is -0.119. The smallest absolute Gasteiger partial charge is 0.260 e. The van der Waals surface area contributed by atoms with Crippen molar-refractivity contribution in [2.75, 3.05) is 31.3 Å². The number of hydrogen-bond donors (Lipinski definition) is 1. The van der Waals surface area contributed by atoms with E-state index < -0.39 is 15.9 Å². The molecule has 0 fully saturated rings. The first kappa shape index (κ1) is 21.2. The van der Waals surface area contributed by atoms with E-state index in [1.807, 2.05) is 13.0 Å². The van der Waals surface area contributed by atoms with Crippen LogP contribution in [0.2, 0.25) is 0 Å². The van der Waals surface area contributed by atoms with Gasteiger partial charge in [0, 0.05) is 0 Å². The van der Waals surface area contributed by atoms with Crippen molar-refractivity contribution in [2.24, 2.45) is 5.10 Å². The number of ether oxygens (including phenoxy) is 2. The molecule has 2 aromatic carbocycles. The van der Waals surface area contributed by atoms with Gasteiger partial charge in [-0.25, -0.2) is 13.8 Å². The Morgan fingerprint density at radius 3 is 2.46 bits per heavy atom. The van der Waals surface area contributed by atoms with Crippen molar-refractivity contribution >= 4 is 27.8 Å². The first-order chi connectivity index (χ1) is 13.2. The molecule has 8 nitrogen and oxygen atoms in total. The van der Waals surface area contributed by atoms with Crippen LogP contribution < -0.4 is 19.2 Å². The third kappa shape index (κ3) is 5.71. The van der Waals surface area contributed by atoms with Gasteiger partial charge in [-0.3, -0.25) is 9.10 Å². The monoisotopic (exact) mass is 405 g/mol. The van der Waals surface area contributed by atoms with Crippen molar-refractivity contribution in [3.05, 3.63) is 53.6 Å². The molecule has 28 heavy (non-hydrogen) atoms. The lowest BCUT2D eigenvalue weighted by atomic mass is 10.2. The molecule has 0 aliphatic carbocycles. The molecule has 0 saturated carbocycles. The summed E-state index contributed by atoms with van der Waals surface area (Å²) in [6.45, 7) is 1.46. The molecule has 0 bridgehead atoms. The Hall–Kier alpha value is -3.07. The lowest BCUT2D eigenvalue weighted by Crippen LogP contribution is -2.39. The Labute approximate surface area is 164 Å². The maximum Gasteiger partial charge on any atom is 0.260 e. The molecular formula is C19H23N3O5S. The number of nitrogens with zero attached hydrogens (tertiary/aromatic N) is 2. The number of carbonyl (C=O) groups is 1. The number of sulfonamides is 1. The molecule has 1 N–H and O–H groups in total. The number of hydrazone groups is 1. The summed E-state index contributed by atoms with van der Waals surface area (Å²) in [5, 5.41) is 3.88. The summed E-state index contributed by atoms with van der Waals surface area (Å²) in [5.74, 6) is 0.537. The quantitative estimate of drug-likeness (QED) is 0.535. The molecule has 0 atom stereocenters. The second-order valence-corrected chi connectivity index (χ2v) is 7.92. The van der Waals surface area contributed by atoms with Gasteiger partial charge in [-0.2, -0.15) is 5.10 Å². The minimum absolute atomic E-state index is 0.383. The Bertz CT molecular complexity index is 973. The highest BCUT2D eigenvalue weighted by molar-refractivity contribution is 7.92. The van der Waals surface area contributed by atoms with Crippen LogP contribution >= 0.6 is 0 Å². The summed E-state index contributed by atoms with van der Waals surface area (Å²) in [5.41, 5.74) is 4.32. The highest BCUT2D eigenvalue weighted by Crippen LogP contribution is 2.26. The summed E-state index contributed by atoms with van der Waals surface area (Å²) >= 11 is 0.